The Morgan fingerprint density at radius 3 is 2.31 bits per heavy atom. The summed E-state index contributed by atoms with van der Waals surface area (Å²) >= 11 is 0. The molecule has 2 N–H and O–H groups in total. The van der Waals surface area contributed by atoms with Crippen molar-refractivity contribution >= 4 is 33.2 Å². The number of nitrogens with zero attached hydrogens (tertiary/aromatic N) is 7. The predicted octanol–water partition coefficient (Wildman–Crippen LogP) is 5.19. The summed E-state index contributed by atoms with van der Waals surface area (Å²) in [6.07, 6.45) is 16.3. The van der Waals surface area contributed by atoms with Gasteiger partial charge >= 0.3 is 0 Å². The third-order valence-corrected chi connectivity index (χ3v) is 5.19. The number of fused-ring (bicyclic) bond motifs is 4. The van der Waals surface area contributed by atoms with E-state index in [1.54, 1.807) is 18.7 Å². The van der Waals surface area contributed by atoms with Gasteiger partial charge in [0.1, 0.15) is 17.5 Å². The first-order chi connectivity index (χ1) is 17.9. The summed E-state index contributed by atoms with van der Waals surface area (Å²) < 4.78 is 4.06. The molecule has 36 heavy (non-hydrogen) atoms. The van der Waals surface area contributed by atoms with Crippen LogP contribution in [0.2, 0.25) is 0 Å². The van der Waals surface area contributed by atoms with Gasteiger partial charge in [-0.25, -0.2) is 19.9 Å². The highest BCUT2D eigenvalue weighted by Gasteiger charge is 1.91. The molecule has 8 aromatic rings. The minimum atomic E-state index is 0.713. The molecule has 176 valence electrons. The van der Waals surface area contributed by atoms with Crippen LogP contribution < -0.4 is 0 Å². The maximum Gasteiger partial charge on any atom is 0.180 e. The zero-order valence-electron chi connectivity index (χ0n) is 19.3. The van der Waals surface area contributed by atoms with Crippen LogP contribution in [0.25, 0.3) is 33.2 Å². The van der Waals surface area contributed by atoms with Gasteiger partial charge in [-0.1, -0.05) is 30.3 Å². The van der Waals surface area contributed by atoms with Crippen LogP contribution in [0.3, 0.4) is 0 Å². The van der Waals surface area contributed by atoms with Crippen LogP contribution in [0.4, 0.5) is 0 Å². The molecule has 0 saturated carbocycles. The molecular formula is C27H23N9. The molecular weight excluding hydrogens is 450 g/mol. The Morgan fingerprint density at radius 1 is 0.639 bits per heavy atom. The van der Waals surface area contributed by atoms with Gasteiger partial charge in [0.05, 0.1) is 24.2 Å². The molecule has 7 heterocycles. The van der Waals surface area contributed by atoms with Crippen molar-refractivity contribution in [2.75, 3.05) is 0 Å². The fraction of sp³-hybridized carbons (Fsp3) is 0. The smallest absolute Gasteiger partial charge is 0.180 e. The predicted molar refractivity (Wildman–Crippen MR) is 140 cm³/mol. The third kappa shape index (κ3) is 5.60. The Kier molecular flexibility index (Phi) is 7.00. The van der Waals surface area contributed by atoms with E-state index >= 15 is 0 Å². The van der Waals surface area contributed by atoms with Crippen LogP contribution in [-0.4, -0.2) is 43.9 Å². The van der Waals surface area contributed by atoms with Crippen LogP contribution >= 0.6 is 0 Å². The fourth-order valence-corrected chi connectivity index (χ4v) is 3.42. The molecule has 0 unspecified atom stereocenters. The lowest BCUT2D eigenvalue weighted by atomic mass is 10.3. The van der Waals surface area contributed by atoms with Crippen molar-refractivity contribution in [1.82, 2.24) is 43.9 Å². The summed E-state index contributed by atoms with van der Waals surface area (Å²) in [4.78, 5) is 18.6. The van der Waals surface area contributed by atoms with Gasteiger partial charge in [-0.2, -0.15) is 5.10 Å². The number of aromatic amines is 2. The van der Waals surface area contributed by atoms with Crippen molar-refractivity contribution in [3.63, 3.8) is 0 Å². The average molecular weight is 474 g/mol. The van der Waals surface area contributed by atoms with Gasteiger partial charge in [-0.3, -0.25) is 5.10 Å². The SMILES string of the molecule is c1ccc2[nH]ncc2c1.c1ccn2cccc2c1.c1ccn2ccnc2c1.c1ncc2[nH]cnc2n1. The topological polar surface area (TPSA) is 105 Å². The van der Waals surface area contributed by atoms with E-state index < -0.39 is 0 Å². The van der Waals surface area contributed by atoms with E-state index in [4.69, 9.17) is 0 Å². The highest BCUT2D eigenvalue weighted by molar-refractivity contribution is 5.77. The minimum absolute atomic E-state index is 0.713. The zero-order valence-corrected chi connectivity index (χ0v) is 19.3. The van der Waals surface area contributed by atoms with E-state index in [2.05, 4.69) is 51.7 Å². The van der Waals surface area contributed by atoms with Crippen molar-refractivity contribution < 1.29 is 0 Å². The number of para-hydroxylation sites is 1. The molecule has 0 aliphatic heterocycles. The second-order valence-electron chi connectivity index (χ2n) is 7.55. The first kappa shape index (κ1) is 22.5. The summed E-state index contributed by atoms with van der Waals surface area (Å²) in [6.45, 7) is 0. The van der Waals surface area contributed by atoms with Gasteiger partial charge in [0.2, 0.25) is 0 Å². The van der Waals surface area contributed by atoms with Crippen molar-refractivity contribution in [2.45, 2.75) is 0 Å². The van der Waals surface area contributed by atoms with Crippen LogP contribution in [0.1, 0.15) is 0 Å². The van der Waals surface area contributed by atoms with Crippen molar-refractivity contribution in [2.24, 2.45) is 0 Å². The highest BCUT2D eigenvalue weighted by atomic mass is 15.1. The lowest BCUT2D eigenvalue weighted by molar-refractivity contribution is 1.12. The number of rotatable bonds is 0. The average Bonchev–Trinajstić information content (AvgIpc) is 3.76. The number of H-pyrrole nitrogens is 2. The van der Waals surface area contributed by atoms with Gasteiger partial charge in [-0.15, -0.1) is 0 Å². The van der Waals surface area contributed by atoms with Crippen LogP contribution in [0.15, 0.2) is 129 Å². The van der Waals surface area contributed by atoms with E-state index in [0.717, 1.165) is 22.1 Å². The molecule has 0 atom stereocenters. The van der Waals surface area contributed by atoms with Crippen molar-refractivity contribution in [1.29, 1.82) is 0 Å². The monoisotopic (exact) mass is 473 g/mol. The number of benzene rings is 1. The summed E-state index contributed by atoms with van der Waals surface area (Å²) in [6, 6.07) is 24.2. The molecule has 0 amide bonds. The molecule has 0 bridgehead atoms. The molecule has 0 aliphatic rings. The van der Waals surface area contributed by atoms with Crippen LogP contribution in [0, 0.1) is 0 Å². The van der Waals surface area contributed by atoms with E-state index in [1.807, 2.05) is 96.0 Å². The number of hydrogen-bond acceptors (Lipinski definition) is 5. The fourth-order valence-electron chi connectivity index (χ4n) is 3.42. The number of aromatic nitrogens is 9. The second-order valence-corrected chi connectivity index (χ2v) is 7.55. The normalized spacial score (nSPS) is 10.2. The number of hydrogen-bond donors (Lipinski definition) is 2. The second kappa shape index (κ2) is 11.2. The van der Waals surface area contributed by atoms with Gasteiger partial charge in [-0.05, 0) is 42.5 Å². The molecule has 0 fully saturated rings. The van der Waals surface area contributed by atoms with Crippen molar-refractivity contribution in [3.8, 4) is 0 Å². The lowest BCUT2D eigenvalue weighted by Gasteiger charge is -1.88. The largest absolute Gasteiger partial charge is 0.342 e. The molecule has 0 saturated heterocycles. The van der Waals surface area contributed by atoms with Gasteiger partial charge in [0, 0.05) is 41.9 Å². The molecule has 0 radical (unpaired) electrons. The minimum Gasteiger partial charge on any atom is -0.342 e. The Balaban J connectivity index is 0.0000000988. The zero-order chi connectivity index (χ0) is 24.4. The first-order valence-electron chi connectivity index (χ1n) is 11.2. The van der Waals surface area contributed by atoms with Crippen LogP contribution in [-0.2, 0) is 0 Å². The molecule has 0 aliphatic carbocycles. The Bertz CT molecular complexity index is 1390. The summed E-state index contributed by atoms with van der Waals surface area (Å²) in [7, 11) is 0. The van der Waals surface area contributed by atoms with Crippen molar-refractivity contribution in [3.05, 3.63) is 129 Å². The van der Waals surface area contributed by atoms with Crippen LogP contribution in [0.5, 0.6) is 0 Å². The molecule has 0 spiro atoms. The van der Waals surface area contributed by atoms with Gasteiger partial charge in [0.15, 0.2) is 5.65 Å². The number of nitrogens with one attached hydrogen (secondary N) is 2. The van der Waals surface area contributed by atoms with E-state index in [-0.39, 0.29) is 0 Å². The summed E-state index contributed by atoms with van der Waals surface area (Å²) in [5.74, 6) is 0. The van der Waals surface area contributed by atoms with Gasteiger partial charge in [0.25, 0.3) is 0 Å². The molecule has 7 aromatic heterocycles. The van der Waals surface area contributed by atoms with E-state index in [9.17, 15) is 0 Å². The number of pyridine rings is 2. The van der Waals surface area contributed by atoms with E-state index in [0.29, 0.717) is 5.65 Å². The van der Waals surface area contributed by atoms with E-state index in [1.165, 1.54) is 11.8 Å². The molecule has 1 aromatic carbocycles. The maximum absolute atomic E-state index is 4.08. The third-order valence-electron chi connectivity index (χ3n) is 5.19. The van der Waals surface area contributed by atoms with Gasteiger partial charge < -0.3 is 13.8 Å². The first-order valence-corrected chi connectivity index (χ1v) is 11.2. The molecule has 9 nitrogen and oxygen atoms in total. The Hall–Kier alpha value is -5.31. The Morgan fingerprint density at radius 2 is 1.44 bits per heavy atom. The Labute approximate surface area is 206 Å². The highest BCUT2D eigenvalue weighted by Crippen LogP contribution is 2.07. The molecule has 9 heteroatoms. The lowest BCUT2D eigenvalue weighted by Crippen LogP contribution is -1.77. The number of imidazole rings is 2. The molecule has 8 rings (SSSR count). The maximum atomic E-state index is 4.08. The summed E-state index contributed by atoms with van der Waals surface area (Å²) in [5.41, 5.74) is 4.93. The standard InChI is InChI=1S/C8H7N.2C7H6N2.C5H4N4/c1-2-6-9-7-3-5-8(9)4-1;1-2-5-9-6-4-8-7(9)3-1;1-2-4-7-6(3-1)5-8-9-7;1-4-5(8-2-6-1)9-3-7-4/h1-7H;1-6H;1-5H,(H,8,9);1-3H,(H,6,7,8,9). The summed E-state index contributed by atoms with van der Waals surface area (Å²) in [5, 5.41) is 7.91. The quantitative estimate of drug-likeness (QED) is 0.315.